The summed E-state index contributed by atoms with van der Waals surface area (Å²) in [6.07, 6.45) is -1.65. The lowest BCUT2D eigenvalue weighted by Gasteiger charge is -2.30. The zero-order valence-electron chi connectivity index (χ0n) is 64.7. The van der Waals surface area contributed by atoms with Crippen LogP contribution in [0.15, 0.2) is 54.7 Å². The van der Waals surface area contributed by atoms with Crippen LogP contribution in [0.1, 0.15) is 146 Å². The number of carbonyl (C=O) groups is 20. The number of rotatable bonds is 32. The zero-order chi connectivity index (χ0) is 86.9. The number of ether oxygens (including phenoxy) is 1. The third-order valence-electron chi connectivity index (χ3n) is 19.3. The number of carboxylic acid groups (broad SMARTS) is 4. The summed E-state index contributed by atoms with van der Waals surface area (Å²) in [6.45, 7) is 1.15. The molecule has 0 bridgehead atoms. The number of aromatic nitrogens is 1. The third kappa shape index (κ3) is 30.9. The lowest BCUT2D eigenvalue weighted by atomic mass is 9.79. The molecule has 1 aliphatic carbocycles. The van der Waals surface area contributed by atoms with Crippen molar-refractivity contribution in [2.24, 2.45) is 29.2 Å². The Morgan fingerprint density at radius 1 is 0.556 bits per heavy atom. The number of carboxylic acids is 4. The van der Waals surface area contributed by atoms with Crippen LogP contribution in [0.5, 0.6) is 0 Å². The number of Topliss-reactive ketones (excluding diaryl/α,β-unsaturated/α-hetero) is 1. The van der Waals surface area contributed by atoms with E-state index in [0.29, 0.717) is 35.2 Å². The smallest absolute Gasteiger partial charge is 0.329 e. The monoisotopic (exact) mass is 1650 g/mol. The summed E-state index contributed by atoms with van der Waals surface area (Å²) in [5, 5.41) is 79.0. The topological polar surface area (TPSA) is 702 Å². The van der Waals surface area contributed by atoms with E-state index in [9.17, 15) is 121 Å². The number of para-hydroxylation sites is 2. The number of fused-ring (bicyclic) bond motifs is 1. The molecule has 2 aromatic carbocycles. The number of aliphatic carboxylic acids is 4. The van der Waals surface area contributed by atoms with Crippen molar-refractivity contribution in [3.63, 3.8) is 0 Å². The molecule has 0 unspecified atom stereocenters. The van der Waals surface area contributed by atoms with Gasteiger partial charge in [0, 0.05) is 47.1 Å². The van der Waals surface area contributed by atoms with Crippen LogP contribution in [-0.4, -0.2) is 248 Å². The van der Waals surface area contributed by atoms with Gasteiger partial charge in [-0.2, -0.15) is 0 Å². The first kappa shape index (κ1) is 94.9. The number of esters is 1. The molecule has 25 N–H and O–H groups in total. The fraction of sp³-hybridized carbons (Fsp3) is 0.541. The molecule has 640 valence electrons. The molecule has 2 fully saturated rings. The number of benzene rings is 2. The number of nitrogens with one attached hydrogen (secondary N) is 14. The van der Waals surface area contributed by atoms with E-state index in [0.717, 1.165) is 59.3 Å². The maximum Gasteiger partial charge on any atom is 0.329 e. The average Bonchev–Trinajstić information content (AvgIpc) is 1.64. The van der Waals surface area contributed by atoms with Crippen LogP contribution < -0.4 is 86.3 Å². The number of nitrogens with two attached hydrogens (primary N) is 3. The summed E-state index contributed by atoms with van der Waals surface area (Å²) in [5.41, 5.74) is 18.2. The molecule has 2 aliphatic rings. The Balaban J connectivity index is 1.60. The lowest BCUT2D eigenvalue weighted by molar-refractivity contribution is -0.156. The largest absolute Gasteiger partial charge is 0.481 e. The Hall–Kier alpha value is -12.7. The molecule has 1 aliphatic heterocycles. The number of unbranched alkanes of at least 4 members (excludes halogenated alkanes) is 2. The molecular formula is C74H103N17O26. The van der Waals surface area contributed by atoms with Crippen molar-refractivity contribution in [2.45, 2.75) is 209 Å². The number of aliphatic hydroxyl groups is 1. The maximum absolute atomic E-state index is 14.9. The van der Waals surface area contributed by atoms with E-state index in [4.69, 9.17) is 21.9 Å². The predicted octanol–water partition coefficient (Wildman–Crippen LogP) is -5.38. The van der Waals surface area contributed by atoms with Crippen LogP contribution in [0, 0.1) is 17.8 Å². The van der Waals surface area contributed by atoms with Crippen molar-refractivity contribution in [1.82, 2.24) is 74.1 Å². The second-order valence-electron chi connectivity index (χ2n) is 28.5. The Labute approximate surface area is 669 Å². The number of H-pyrrole nitrogens is 1. The number of aliphatic hydroxyl groups excluding tert-OH is 1. The van der Waals surface area contributed by atoms with E-state index < -0.39 is 267 Å². The van der Waals surface area contributed by atoms with Crippen LogP contribution in [0.2, 0.25) is 0 Å². The van der Waals surface area contributed by atoms with Gasteiger partial charge in [-0.15, -0.1) is 0 Å². The molecule has 43 heteroatoms. The average molecular weight is 1650 g/mol. The minimum atomic E-state index is -2.45. The molecule has 5 rings (SSSR count). The third-order valence-corrected chi connectivity index (χ3v) is 19.3. The normalized spacial score (nSPS) is 23.1. The molecule has 1 aromatic heterocycles. The minimum Gasteiger partial charge on any atom is -0.481 e. The molecule has 43 nitrogen and oxygen atoms in total. The molecule has 2 heterocycles. The van der Waals surface area contributed by atoms with Crippen molar-refractivity contribution >= 4 is 135 Å². The SMILES string of the molecule is CCCCCC1CCC(C(=O)N[C@@H](Cc2c[nH]c3ccccc23)C(=O)N[C@@H](CC(N)=O)C(=O)N[C@@H](CC(=O)O)C(=O)N[C@@H]2C(=O)NCC(=O)N[C@@H](CCCN)C(=O)N[C@H](CC(=O)O)C(=O)N[C@H](C)C(=O)N[C@@H](CC(=O)O)C(=O)NCC(=O)N[C@H](CO)C(=O)N[C@@H]([C@@H](C)CC(=O)O)C(=O)N[C@@H](CC(=O)c3ccccc3N)C(=O)O[C@@H]2C)CC1. The van der Waals surface area contributed by atoms with Gasteiger partial charge < -0.3 is 122 Å². The van der Waals surface area contributed by atoms with Gasteiger partial charge in [-0.05, 0) is 94.5 Å². The van der Waals surface area contributed by atoms with E-state index >= 15 is 0 Å². The van der Waals surface area contributed by atoms with Crippen LogP contribution in [0.3, 0.4) is 0 Å². The number of anilines is 1. The van der Waals surface area contributed by atoms with Gasteiger partial charge in [-0.3, -0.25) is 91.1 Å². The highest BCUT2D eigenvalue weighted by molar-refractivity contribution is 6.05. The second kappa shape index (κ2) is 46.6. The van der Waals surface area contributed by atoms with Gasteiger partial charge in [0.25, 0.3) is 0 Å². The van der Waals surface area contributed by atoms with Gasteiger partial charge in [0.2, 0.25) is 82.7 Å². The van der Waals surface area contributed by atoms with Gasteiger partial charge in [0.15, 0.2) is 5.78 Å². The standard InChI is InChI=1S/C74H103N17O26/c1-5-6-7-13-38-19-21-39(22-20-38)64(106)85-46(25-40-31-78-44-17-11-9-14-41(40)44)68(110)86-47(27-54(77)94)69(111)88-50(30-60(103)104)70(112)91-62-37(4)117-74(116)51(26-53(93)42-15-8-10-16-43(42)76)89-73(115)61(35(2)24-57(97)98)90-71(113)52(34-92)83-56(96)32-79-65(107)48(28-58(99)100)84-63(105)36(3)81-67(109)49(29-59(101)102)87-66(108)45(18-12-23-75)82-55(95)33-80-72(62)114/h8-11,14-17,31,35-39,45-52,61-62,78,92H,5-7,12-13,18-30,32-34,75-76H2,1-4H3,(H2,77,94)(H,79,107)(H,80,114)(H,81,109)(H,82,95)(H,83,96)(H,84,105)(H,85,106)(H,86,110)(H,87,108)(H,88,111)(H,89,115)(H,90,113)(H,91,112)(H,97,98)(H,99,100)(H,101,102)(H,103,104)/t35-,36+,37+,38?,39?,45-,46-,47-,48-,49+,50-,51-,52+,61-,62-/m0/s1. The molecule has 0 spiro atoms. The van der Waals surface area contributed by atoms with E-state index in [1.165, 1.54) is 24.3 Å². The summed E-state index contributed by atoms with van der Waals surface area (Å²) >= 11 is 0. The van der Waals surface area contributed by atoms with E-state index in [1.54, 1.807) is 30.5 Å². The Morgan fingerprint density at radius 3 is 1.71 bits per heavy atom. The number of hydrogen-bond donors (Lipinski definition) is 22. The molecule has 0 radical (unpaired) electrons. The van der Waals surface area contributed by atoms with Gasteiger partial charge in [0.1, 0.15) is 72.6 Å². The molecule has 117 heavy (non-hydrogen) atoms. The highest BCUT2D eigenvalue weighted by Gasteiger charge is 2.42. The minimum absolute atomic E-state index is 0.0929. The highest BCUT2D eigenvalue weighted by Crippen LogP contribution is 2.33. The molecule has 13 atom stereocenters. The zero-order valence-corrected chi connectivity index (χ0v) is 64.7. The van der Waals surface area contributed by atoms with Crippen LogP contribution >= 0.6 is 0 Å². The number of hydrogen-bond acceptors (Lipinski definition) is 24. The Morgan fingerprint density at radius 2 is 1.11 bits per heavy atom. The second-order valence-corrected chi connectivity index (χ2v) is 28.5. The fourth-order valence-corrected chi connectivity index (χ4v) is 12.9. The van der Waals surface area contributed by atoms with Gasteiger partial charge in [0.05, 0.1) is 51.8 Å². The summed E-state index contributed by atoms with van der Waals surface area (Å²) in [5.74, 6) is -29.7. The number of nitrogen functional groups attached to an aromatic ring is 1. The van der Waals surface area contributed by atoms with E-state index in [1.807, 2.05) is 16.0 Å². The van der Waals surface area contributed by atoms with Crippen molar-refractivity contribution in [3.8, 4) is 0 Å². The Kier molecular flexibility index (Phi) is 37.8. The van der Waals surface area contributed by atoms with Crippen molar-refractivity contribution in [1.29, 1.82) is 0 Å². The van der Waals surface area contributed by atoms with Crippen LogP contribution in [0.4, 0.5) is 5.69 Å². The predicted molar refractivity (Wildman–Crippen MR) is 407 cm³/mol. The van der Waals surface area contributed by atoms with Gasteiger partial charge in [-0.1, -0.05) is 69.9 Å². The number of amides is 14. The summed E-state index contributed by atoms with van der Waals surface area (Å²) in [6, 6.07) is -10.5. The van der Waals surface area contributed by atoms with E-state index in [-0.39, 0.29) is 30.6 Å². The fourth-order valence-electron chi connectivity index (χ4n) is 12.9. The molecule has 1 saturated carbocycles. The number of ketones is 1. The summed E-state index contributed by atoms with van der Waals surface area (Å²) in [7, 11) is 0. The van der Waals surface area contributed by atoms with Gasteiger partial charge >= 0.3 is 29.8 Å². The van der Waals surface area contributed by atoms with Gasteiger partial charge in [-0.25, -0.2) is 4.79 Å². The molecule has 3 aromatic rings. The van der Waals surface area contributed by atoms with E-state index in [2.05, 4.69) is 65.1 Å². The number of primary amides is 1. The molecule has 14 amide bonds. The first-order valence-electron chi connectivity index (χ1n) is 37.8. The first-order valence-corrected chi connectivity index (χ1v) is 37.8. The number of cyclic esters (lactones) is 1. The molecule has 1 saturated heterocycles. The lowest BCUT2D eigenvalue weighted by Crippen LogP contribution is -2.62. The van der Waals surface area contributed by atoms with Crippen molar-refractivity contribution in [2.75, 3.05) is 32.0 Å². The number of carbonyl (C=O) groups excluding carboxylic acids is 16. The highest BCUT2D eigenvalue weighted by atomic mass is 16.5. The Bertz CT molecular complexity index is 4150. The first-order chi connectivity index (χ1) is 55.3. The van der Waals surface area contributed by atoms with Crippen molar-refractivity contribution < 1.29 is 126 Å². The summed E-state index contributed by atoms with van der Waals surface area (Å²) < 4.78 is 5.70. The molecular weight excluding hydrogens is 1540 g/mol. The number of aromatic amines is 1. The van der Waals surface area contributed by atoms with Crippen LogP contribution in [-0.2, 0) is 102 Å². The quantitative estimate of drug-likeness (QED) is 0.0120. The van der Waals surface area contributed by atoms with Crippen LogP contribution in [0.25, 0.3) is 10.9 Å². The van der Waals surface area contributed by atoms with Crippen molar-refractivity contribution in [3.05, 3.63) is 65.9 Å². The maximum atomic E-state index is 14.9. The summed E-state index contributed by atoms with van der Waals surface area (Å²) in [4.78, 5) is 278.